The molecule has 0 saturated heterocycles. The molecule has 0 aliphatic heterocycles. The van der Waals surface area contributed by atoms with Gasteiger partial charge >= 0.3 is 0 Å². The molecule has 3 nitrogen and oxygen atoms in total. The van der Waals surface area contributed by atoms with Crippen LogP contribution in [0.1, 0.15) is 17.2 Å². The summed E-state index contributed by atoms with van der Waals surface area (Å²) in [5.74, 6) is 0.147. The van der Waals surface area contributed by atoms with E-state index in [9.17, 15) is 0 Å². The minimum atomic E-state index is 0.147. The van der Waals surface area contributed by atoms with E-state index < -0.39 is 0 Å². The molecule has 2 aromatic rings. The summed E-state index contributed by atoms with van der Waals surface area (Å²) in [6.07, 6.45) is 5.38. The average Bonchev–Trinajstić information content (AvgIpc) is 2.42. The fraction of sp³-hybridized carbons (Fsp3) is 0.231. The second-order valence-corrected chi connectivity index (χ2v) is 4.58. The van der Waals surface area contributed by atoms with E-state index in [1.54, 1.807) is 24.3 Å². The summed E-state index contributed by atoms with van der Waals surface area (Å²) in [5, 5.41) is 0. The highest BCUT2D eigenvalue weighted by molar-refractivity contribution is 7.98. The Morgan fingerprint density at radius 1 is 1.24 bits per heavy atom. The fourth-order valence-electron chi connectivity index (χ4n) is 1.77. The maximum absolute atomic E-state index is 5.84. The van der Waals surface area contributed by atoms with Gasteiger partial charge in [0.05, 0.1) is 5.69 Å². The van der Waals surface area contributed by atoms with Crippen molar-refractivity contribution in [2.24, 2.45) is 5.73 Å². The topological polar surface area (TPSA) is 51.8 Å². The van der Waals surface area contributed by atoms with Crippen LogP contribution >= 0.6 is 11.8 Å². The third kappa shape index (κ3) is 2.84. The van der Waals surface area contributed by atoms with Crippen molar-refractivity contribution in [3.63, 3.8) is 0 Å². The zero-order chi connectivity index (χ0) is 12.1. The van der Waals surface area contributed by atoms with Gasteiger partial charge in [0, 0.05) is 23.6 Å². The van der Waals surface area contributed by atoms with Gasteiger partial charge in [0.2, 0.25) is 0 Å². The summed E-state index contributed by atoms with van der Waals surface area (Å²) >= 11 is 1.74. The largest absolute Gasteiger partial charge is 0.329 e. The van der Waals surface area contributed by atoms with Gasteiger partial charge in [-0.15, -0.1) is 11.8 Å². The molecule has 1 heterocycles. The predicted molar refractivity (Wildman–Crippen MR) is 71.2 cm³/mol. The number of rotatable bonds is 4. The summed E-state index contributed by atoms with van der Waals surface area (Å²) in [6, 6.07) is 10.4. The SMILES string of the molecule is CSc1ccc(C(CN)c2ccncn2)cc1. The van der Waals surface area contributed by atoms with Crippen LogP contribution in [-0.4, -0.2) is 22.8 Å². The van der Waals surface area contributed by atoms with Gasteiger partial charge in [0.15, 0.2) is 0 Å². The number of aromatic nitrogens is 2. The lowest BCUT2D eigenvalue weighted by molar-refractivity contribution is 0.780. The van der Waals surface area contributed by atoms with Crippen molar-refractivity contribution >= 4 is 11.8 Å². The van der Waals surface area contributed by atoms with E-state index in [0.717, 1.165) is 5.69 Å². The molecule has 4 heteroatoms. The lowest BCUT2D eigenvalue weighted by Gasteiger charge is -2.14. The van der Waals surface area contributed by atoms with Crippen molar-refractivity contribution in [1.29, 1.82) is 0 Å². The Bertz CT molecular complexity index is 456. The van der Waals surface area contributed by atoms with Gasteiger partial charge in [-0.3, -0.25) is 0 Å². The normalized spacial score (nSPS) is 12.4. The van der Waals surface area contributed by atoms with Gasteiger partial charge in [-0.2, -0.15) is 0 Å². The molecule has 0 fully saturated rings. The van der Waals surface area contributed by atoms with E-state index >= 15 is 0 Å². The molecular formula is C13H15N3S. The lowest BCUT2D eigenvalue weighted by Crippen LogP contribution is -2.15. The zero-order valence-electron chi connectivity index (χ0n) is 9.71. The summed E-state index contributed by atoms with van der Waals surface area (Å²) in [4.78, 5) is 9.46. The number of nitrogens with zero attached hydrogens (tertiary/aromatic N) is 2. The molecule has 0 radical (unpaired) electrons. The molecule has 0 aliphatic carbocycles. The number of hydrogen-bond acceptors (Lipinski definition) is 4. The Hall–Kier alpha value is -1.39. The third-order valence-electron chi connectivity index (χ3n) is 2.72. The van der Waals surface area contributed by atoms with Crippen LogP contribution in [0, 0.1) is 0 Å². The molecule has 2 rings (SSSR count). The van der Waals surface area contributed by atoms with Crippen LogP contribution in [-0.2, 0) is 0 Å². The molecule has 0 saturated carbocycles. The molecule has 1 aromatic carbocycles. The van der Waals surface area contributed by atoms with Crippen LogP contribution in [0.15, 0.2) is 47.8 Å². The van der Waals surface area contributed by atoms with Crippen molar-refractivity contribution in [3.8, 4) is 0 Å². The van der Waals surface area contributed by atoms with Crippen molar-refractivity contribution in [2.75, 3.05) is 12.8 Å². The molecule has 0 aliphatic rings. The van der Waals surface area contributed by atoms with E-state index in [4.69, 9.17) is 5.73 Å². The van der Waals surface area contributed by atoms with Crippen LogP contribution < -0.4 is 5.73 Å². The van der Waals surface area contributed by atoms with E-state index in [1.807, 2.05) is 6.07 Å². The average molecular weight is 245 g/mol. The highest BCUT2D eigenvalue weighted by Crippen LogP contribution is 2.24. The molecule has 0 amide bonds. The van der Waals surface area contributed by atoms with Gasteiger partial charge in [0.25, 0.3) is 0 Å². The molecule has 2 N–H and O–H groups in total. The third-order valence-corrected chi connectivity index (χ3v) is 3.46. The van der Waals surface area contributed by atoms with E-state index in [0.29, 0.717) is 6.54 Å². The fourth-order valence-corrected chi connectivity index (χ4v) is 2.18. The van der Waals surface area contributed by atoms with Gasteiger partial charge in [-0.05, 0) is 30.0 Å². The van der Waals surface area contributed by atoms with Gasteiger partial charge in [0.1, 0.15) is 6.33 Å². The van der Waals surface area contributed by atoms with Gasteiger partial charge < -0.3 is 5.73 Å². The Morgan fingerprint density at radius 2 is 2.00 bits per heavy atom. The summed E-state index contributed by atoms with van der Waals surface area (Å²) < 4.78 is 0. The summed E-state index contributed by atoms with van der Waals surface area (Å²) in [6.45, 7) is 0.551. The van der Waals surface area contributed by atoms with Crippen LogP contribution in [0.2, 0.25) is 0 Å². The molecule has 0 spiro atoms. The van der Waals surface area contributed by atoms with Gasteiger partial charge in [-0.1, -0.05) is 12.1 Å². The quantitative estimate of drug-likeness (QED) is 0.840. The number of thioether (sulfide) groups is 1. The molecule has 17 heavy (non-hydrogen) atoms. The predicted octanol–water partition coefficient (Wildman–Crippen LogP) is 2.29. The van der Waals surface area contributed by atoms with Crippen LogP contribution in [0.5, 0.6) is 0 Å². The van der Waals surface area contributed by atoms with Crippen molar-refractivity contribution in [3.05, 3.63) is 54.1 Å². The molecule has 1 unspecified atom stereocenters. The lowest BCUT2D eigenvalue weighted by atomic mass is 9.96. The second kappa shape index (κ2) is 5.80. The Labute approximate surface area is 105 Å². The van der Waals surface area contributed by atoms with E-state index in [2.05, 4.69) is 40.5 Å². The molecule has 0 bridgehead atoms. The number of nitrogens with two attached hydrogens (primary N) is 1. The van der Waals surface area contributed by atoms with Crippen molar-refractivity contribution < 1.29 is 0 Å². The van der Waals surface area contributed by atoms with Crippen molar-refractivity contribution in [2.45, 2.75) is 10.8 Å². The van der Waals surface area contributed by atoms with Crippen LogP contribution in [0.3, 0.4) is 0 Å². The number of benzene rings is 1. The van der Waals surface area contributed by atoms with E-state index in [1.165, 1.54) is 10.5 Å². The Kier molecular flexibility index (Phi) is 4.12. The van der Waals surface area contributed by atoms with Crippen LogP contribution in [0.4, 0.5) is 0 Å². The van der Waals surface area contributed by atoms with Gasteiger partial charge in [-0.25, -0.2) is 9.97 Å². The maximum Gasteiger partial charge on any atom is 0.115 e. The molecule has 1 aromatic heterocycles. The molecule has 1 atom stereocenters. The smallest absolute Gasteiger partial charge is 0.115 e. The van der Waals surface area contributed by atoms with E-state index in [-0.39, 0.29) is 5.92 Å². The highest BCUT2D eigenvalue weighted by atomic mass is 32.2. The first-order valence-electron chi connectivity index (χ1n) is 5.45. The number of hydrogen-bond donors (Lipinski definition) is 1. The summed E-state index contributed by atoms with van der Waals surface area (Å²) in [5.41, 5.74) is 8.01. The second-order valence-electron chi connectivity index (χ2n) is 3.70. The zero-order valence-corrected chi connectivity index (χ0v) is 10.5. The first-order valence-corrected chi connectivity index (χ1v) is 6.67. The standard InChI is InChI=1S/C13H15N3S/c1-17-11-4-2-10(3-5-11)12(8-14)13-6-7-15-9-16-13/h2-7,9,12H,8,14H2,1H3. The molecule has 88 valence electrons. The first kappa shape index (κ1) is 12.1. The summed E-state index contributed by atoms with van der Waals surface area (Å²) in [7, 11) is 0. The Morgan fingerprint density at radius 3 is 2.53 bits per heavy atom. The maximum atomic E-state index is 5.84. The minimum absolute atomic E-state index is 0.147. The monoisotopic (exact) mass is 245 g/mol. The Balaban J connectivity index is 2.29. The van der Waals surface area contributed by atoms with Crippen molar-refractivity contribution in [1.82, 2.24) is 9.97 Å². The van der Waals surface area contributed by atoms with Crippen LogP contribution in [0.25, 0.3) is 0 Å². The first-order chi connectivity index (χ1) is 8.35. The minimum Gasteiger partial charge on any atom is -0.329 e. The molecular weight excluding hydrogens is 230 g/mol. The highest BCUT2D eigenvalue weighted by Gasteiger charge is 2.13.